The second-order valence-electron chi connectivity index (χ2n) is 1.90. The Kier molecular flexibility index (Phi) is 2.33. The van der Waals surface area contributed by atoms with Crippen molar-refractivity contribution in [1.82, 2.24) is 0 Å². The molecule has 1 saturated heterocycles. The van der Waals surface area contributed by atoms with Crippen LogP contribution in [0.4, 0.5) is 0 Å². The van der Waals surface area contributed by atoms with Gasteiger partial charge in [-0.15, -0.1) is 11.6 Å². The highest BCUT2D eigenvalue weighted by Crippen LogP contribution is 2.20. The van der Waals surface area contributed by atoms with E-state index in [0.717, 1.165) is 0 Å². The van der Waals surface area contributed by atoms with Gasteiger partial charge in [0.2, 0.25) is 0 Å². The van der Waals surface area contributed by atoms with Crippen molar-refractivity contribution in [3.05, 3.63) is 0 Å². The second kappa shape index (κ2) is 2.86. The molecule has 2 atom stereocenters. The van der Waals surface area contributed by atoms with Gasteiger partial charge in [0, 0.05) is 6.61 Å². The SMILES string of the molecule is O=C(Cl)C1OCCC1Cl. The highest BCUT2D eigenvalue weighted by Gasteiger charge is 2.31. The molecular weight excluding hydrogens is 163 g/mol. The van der Waals surface area contributed by atoms with E-state index in [4.69, 9.17) is 27.9 Å². The summed E-state index contributed by atoms with van der Waals surface area (Å²) in [6.07, 6.45) is 0.137. The van der Waals surface area contributed by atoms with Crippen LogP contribution in [0.5, 0.6) is 0 Å². The third kappa shape index (κ3) is 1.57. The van der Waals surface area contributed by atoms with E-state index >= 15 is 0 Å². The summed E-state index contributed by atoms with van der Waals surface area (Å²) in [4.78, 5) is 10.4. The molecule has 0 spiro atoms. The van der Waals surface area contributed by atoms with Crippen LogP contribution in [0.2, 0.25) is 0 Å². The summed E-state index contributed by atoms with van der Waals surface area (Å²) in [5.74, 6) is 0. The van der Waals surface area contributed by atoms with Gasteiger partial charge >= 0.3 is 0 Å². The molecule has 1 aliphatic rings. The molecule has 0 aliphatic carbocycles. The third-order valence-corrected chi connectivity index (χ3v) is 1.91. The van der Waals surface area contributed by atoms with Gasteiger partial charge in [-0.3, -0.25) is 4.79 Å². The van der Waals surface area contributed by atoms with Crippen LogP contribution in [0.1, 0.15) is 6.42 Å². The lowest BCUT2D eigenvalue weighted by atomic mass is 10.2. The summed E-state index contributed by atoms with van der Waals surface area (Å²) in [7, 11) is 0. The zero-order valence-electron chi connectivity index (χ0n) is 4.64. The molecule has 2 unspecified atom stereocenters. The Morgan fingerprint density at radius 2 is 2.33 bits per heavy atom. The maximum Gasteiger partial charge on any atom is 0.252 e. The van der Waals surface area contributed by atoms with Crippen molar-refractivity contribution in [2.75, 3.05) is 6.61 Å². The van der Waals surface area contributed by atoms with Crippen molar-refractivity contribution in [1.29, 1.82) is 0 Å². The molecule has 0 radical (unpaired) electrons. The fourth-order valence-corrected chi connectivity index (χ4v) is 1.33. The predicted octanol–water partition coefficient (Wildman–Crippen LogP) is 1.15. The number of hydrogen-bond acceptors (Lipinski definition) is 2. The van der Waals surface area contributed by atoms with Gasteiger partial charge < -0.3 is 4.74 Å². The maximum absolute atomic E-state index is 10.4. The molecule has 0 N–H and O–H groups in total. The number of carbonyl (C=O) groups is 1. The fourth-order valence-electron chi connectivity index (χ4n) is 0.771. The zero-order valence-corrected chi connectivity index (χ0v) is 6.15. The molecule has 4 heteroatoms. The lowest BCUT2D eigenvalue weighted by Crippen LogP contribution is -2.22. The topological polar surface area (TPSA) is 26.3 Å². The standard InChI is InChI=1S/C5H6Cl2O2/c6-3-1-2-9-4(3)5(7)8/h3-4H,1-2H2. The lowest BCUT2D eigenvalue weighted by molar-refractivity contribution is -0.119. The van der Waals surface area contributed by atoms with Gasteiger partial charge in [0.25, 0.3) is 5.24 Å². The number of rotatable bonds is 1. The van der Waals surface area contributed by atoms with Crippen molar-refractivity contribution in [2.24, 2.45) is 0 Å². The molecule has 52 valence electrons. The monoisotopic (exact) mass is 168 g/mol. The zero-order chi connectivity index (χ0) is 6.85. The van der Waals surface area contributed by atoms with Gasteiger partial charge in [-0.05, 0) is 18.0 Å². The molecule has 1 aliphatic heterocycles. The average Bonchev–Trinajstić information content (AvgIpc) is 2.13. The largest absolute Gasteiger partial charge is 0.367 e. The Morgan fingerprint density at radius 1 is 1.67 bits per heavy atom. The molecule has 1 fully saturated rings. The summed E-state index contributed by atoms with van der Waals surface area (Å²) < 4.78 is 4.91. The first-order valence-electron chi connectivity index (χ1n) is 2.67. The van der Waals surface area contributed by atoms with Crippen LogP contribution in [0, 0.1) is 0 Å². The van der Waals surface area contributed by atoms with Crippen molar-refractivity contribution in [3.8, 4) is 0 Å². The highest BCUT2D eigenvalue weighted by molar-refractivity contribution is 6.65. The third-order valence-electron chi connectivity index (χ3n) is 1.24. The molecular formula is C5H6Cl2O2. The van der Waals surface area contributed by atoms with Gasteiger partial charge in [-0.2, -0.15) is 0 Å². The Bertz CT molecular complexity index is 126. The van der Waals surface area contributed by atoms with E-state index in [2.05, 4.69) is 0 Å². The van der Waals surface area contributed by atoms with Gasteiger partial charge in [0.05, 0.1) is 5.38 Å². The van der Waals surface area contributed by atoms with Crippen molar-refractivity contribution < 1.29 is 9.53 Å². The smallest absolute Gasteiger partial charge is 0.252 e. The number of hydrogen-bond donors (Lipinski definition) is 0. The van der Waals surface area contributed by atoms with Crippen molar-refractivity contribution >= 4 is 28.4 Å². The van der Waals surface area contributed by atoms with E-state index in [1.165, 1.54) is 0 Å². The molecule has 2 nitrogen and oxygen atoms in total. The molecule has 0 amide bonds. The average molecular weight is 169 g/mol. The molecule has 0 aromatic carbocycles. The summed E-state index contributed by atoms with van der Waals surface area (Å²) in [5, 5.41) is -0.720. The van der Waals surface area contributed by atoms with Crippen LogP contribution < -0.4 is 0 Å². The van der Waals surface area contributed by atoms with Gasteiger partial charge in [0.15, 0.2) is 0 Å². The van der Waals surface area contributed by atoms with E-state index in [0.29, 0.717) is 13.0 Å². The van der Waals surface area contributed by atoms with Crippen LogP contribution in [0.3, 0.4) is 0 Å². The first-order valence-corrected chi connectivity index (χ1v) is 3.48. The minimum atomic E-state index is -0.576. The highest BCUT2D eigenvalue weighted by atomic mass is 35.5. The van der Waals surface area contributed by atoms with Crippen LogP contribution >= 0.6 is 23.2 Å². The van der Waals surface area contributed by atoms with Gasteiger partial charge in [0.1, 0.15) is 6.10 Å². The predicted molar refractivity (Wildman–Crippen MR) is 34.9 cm³/mol. The molecule has 0 saturated carbocycles. The minimum Gasteiger partial charge on any atom is -0.367 e. The minimum absolute atomic E-state index is 0.227. The second-order valence-corrected chi connectivity index (χ2v) is 2.83. The molecule has 1 heterocycles. The summed E-state index contributed by atoms with van der Waals surface area (Å²) >= 11 is 10.8. The molecule has 0 bridgehead atoms. The molecule has 0 aromatic rings. The van der Waals surface area contributed by atoms with E-state index in [9.17, 15) is 4.79 Å². The summed E-state index contributed by atoms with van der Waals surface area (Å²) in [5.41, 5.74) is 0. The van der Waals surface area contributed by atoms with E-state index < -0.39 is 11.3 Å². The Hall–Kier alpha value is 0.210. The normalized spacial score (nSPS) is 34.9. The van der Waals surface area contributed by atoms with Crippen LogP contribution in [-0.2, 0) is 9.53 Å². The Morgan fingerprint density at radius 3 is 2.56 bits per heavy atom. The van der Waals surface area contributed by atoms with Crippen LogP contribution in [0.15, 0.2) is 0 Å². The number of carbonyl (C=O) groups excluding carboxylic acids is 1. The van der Waals surface area contributed by atoms with E-state index in [1.54, 1.807) is 0 Å². The molecule has 9 heavy (non-hydrogen) atoms. The first kappa shape index (κ1) is 7.32. The van der Waals surface area contributed by atoms with Crippen molar-refractivity contribution in [2.45, 2.75) is 17.9 Å². The first-order chi connectivity index (χ1) is 4.22. The van der Waals surface area contributed by atoms with Crippen LogP contribution in [-0.4, -0.2) is 23.3 Å². The number of halogens is 2. The quantitative estimate of drug-likeness (QED) is 0.434. The lowest BCUT2D eigenvalue weighted by Gasteiger charge is -2.04. The van der Waals surface area contributed by atoms with Crippen LogP contribution in [0.25, 0.3) is 0 Å². The summed E-state index contributed by atoms with van der Waals surface area (Å²) in [6, 6.07) is 0. The van der Waals surface area contributed by atoms with Crippen molar-refractivity contribution in [3.63, 3.8) is 0 Å². The molecule has 0 aromatic heterocycles. The number of alkyl halides is 1. The van der Waals surface area contributed by atoms with Gasteiger partial charge in [-0.25, -0.2) is 0 Å². The Labute approximate surface area is 63.1 Å². The maximum atomic E-state index is 10.4. The van der Waals surface area contributed by atoms with E-state index in [1.807, 2.05) is 0 Å². The van der Waals surface area contributed by atoms with Gasteiger partial charge in [-0.1, -0.05) is 0 Å². The molecule has 1 rings (SSSR count). The summed E-state index contributed by atoms with van der Waals surface area (Å²) in [6.45, 7) is 0.539. The van der Waals surface area contributed by atoms with E-state index in [-0.39, 0.29) is 5.38 Å². The number of ether oxygens (including phenoxy) is 1. The Balaban J connectivity index is 2.49. The fraction of sp³-hybridized carbons (Fsp3) is 0.800.